The number of hydrogen-bond donors (Lipinski definition) is 0. The van der Waals surface area contributed by atoms with Crippen LogP contribution in [0.3, 0.4) is 0 Å². The topological polar surface area (TPSA) is 9.23 Å². The molecule has 0 aromatic heterocycles. The SMILES string of the molecule is CCCC/C=C/C(C/C=[CH]/[Sn]([CH2]CCC)([CH2]CCC)[CH2]CCC)O[Si](CC)(CC)CC. The van der Waals surface area contributed by atoms with Gasteiger partial charge in [-0.3, -0.25) is 0 Å². The van der Waals surface area contributed by atoms with Gasteiger partial charge in [0.1, 0.15) is 0 Å². The molecule has 1 unspecified atom stereocenters. The molecule has 0 spiro atoms. The van der Waals surface area contributed by atoms with E-state index in [1.165, 1.54) is 75.9 Å². The molecule has 0 rings (SSSR count). The molecular weight excluding hydrogens is 499 g/mol. The molecule has 1 nitrogen and oxygen atoms in total. The van der Waals surface area contributed by atoms with E-state index < -0.39 is 26.7 Å². The molecule has 0 aliphatic rings. The van der Waals surface area contributed by atoms with Gasteiger partial charge in [0.15, 0.2) is 0 Å². The average molecular weight is 558 g/mol. The molecular formula is C28H58OSiSn. The Labute approximate surface area is 202 Å². The van der Waals surface area contributed by atoms with Gasteiger partial charge in [0.2, 0.25) is 0 Å². The van der Waals surface area contributed by atoms with E-state index in [0.717, 1.165) is 6.42 Å². The molecule has 1 atom stereocenters. The first-order chi connectivity index (χ1) is 15.0. The molecule has 0 aliphatic carbocycles. The van der Waals surface area contributed by atoms with Crippen LogP contribution in [0.15, 0.2) is 22.3 Å². The molecule has 0 aromatic carbocycles. The van der Waals surface area contributed by atoms with Crippen LogP contribution in [0.2, 0.25) is 31.4 Å². The molecule has 0 saturated heterocycles. The van der Waals surface area contributed by atoms with Crippen molar-refractivity contribution >= 4 is 26.7 Å². The normalized spacial score (nSPS) is 14.2. The number of unbranched alkanes of at least 4 members (excludes halogenated alkanes) is 5. The van der Waals surface area contributed by atoms with Crippen molar-refractivity contribution in [1.29, 1.82) is 0 Å². The third-order valence-electron chi connectivity index (χ3n) is 7.33. The van der Waals surface area contributed by atoms with Crippen LogP contribution >= 0.6 is 0 Å². The Balaban J connectivity index is 5.49. The zero-order valence-corrected chi connectivity index (χ0v) is 26.5. The summed E-state index contributed by atoms with van der Waals surface area (Å²) in [7, 11) is -1.58. The van der Waals surface area contributed by atoms with E-state index >= 15 is 0 Å². The van der Waals surface area contributed by atoms with Gasteiger partial charge < -0.3 is 0 Å². The van der Waals surface area contributed by atoms with Gasteiger partial charge in [0, 0.05) is 0 Å². The van der Waals surface area contributed by atoms with Gasteiger partial charge in [0.25, 0.3) is 0 Å². The molecule has 31 heavy (non-hydrogen) atoms. The maximum atomic E-state index is 6.95. The third-order valence-corrected chi connectivity index (χ3v) is 26.2. The van der Waals surface area contributed by atoms with Crippen LogP contribution < -0.4 is 0 Å². The molecule has 0 aromatic rings. The van der Waals surface area contributed by atoms with Gasteiger partial charge in [-0.05, 0) is 0 Å². The van der Waals surface area contributed by atoms with E-state index in [9.17, 15) is 0 Å². The van der Waals surface area contributed by atoms with Gasteiger partial charge in [-0.25, -0.2) is 0 Å². The summed E-state index contributed by atoms with van der Waals surface area (Å²) in [5.41, 5.74) is 0. The first-order valence-corrected chi connectivity index (χ1v) is 24.3. The second-order valence-electron chi connectivity index (χ2n) is 9.78. The monoisotopic (exact) mass is 558 g/mol. The molecule has 0 radical (unpaired) electrons. The fourth-order valence-corrected chi connectivity index (χ4v) is 22.0. The van der Waals surface area contributed by atoms with Crippen molar-refractivity contribution in [3.63, 3.8) is 0 Å². The van der Waals surface area contributed by atoms with Gasteiger partial charge in [0.05, 0.1) is 0 Å². The number of hydrogen-bond acceptors (Lipinski definition) is 1. The van der Waals surface area contributed by atoms with Crippen LogP contribution in [0, 0.1) is 0 Å². The summed E-state index contributed by atoms with van der Waals surface area (Å²) in [6.45, 7) is 16.5. The summed E-state index contributed by atoms with van der Waals surface area (Å²) in [5, 5.41) is 0. The van der Waals surface area contributed by atoms with E-state index in [2.05, 4.69) is 70.8 Å². The van der Waals surface area contributed by atoms with Crippen LogP contribution in [0.4, 0.5) is 0 Å². The average Bonchev–Trinajstić information content (AvgIpc) is 2.80. The maximum absolute atomic E-state index is 6.95. The predicted octanol–water partition coefficient (Wildman–Crippen LogP) is 10.5. The summed E-state index contributed by atoms with van der Waals surface area (Å²) in [6, 6.07) is 3.74. The first kappa shape index (κ1) is 31.5. The van der Waals surface area contributed by atoms with Gasteiger partial charge in [-0.1, -0.05) is 0 Å². The van der Waals surface area contributed by atoms with Crippen molar-refractivity contribution in [2.75, 3.05) is 0 Å². The van der Waals surface area contributed by atoms with Gasteiger partial charge in [-0.2, -0.15) is 0 Å². The van der Waals surface area contributed by atoms with E-state index in [0.29, 0.717) is 6.10 Å². The van der Waals surface area contributed by atoms with E-state index in [4.69, 9.17) is 4.43 Å². The van der Waals surface area contributed by atoms with E-state index in [-0.39, 0.29) is 0 Å². The van der Waals surface area contributed by atoms with Crippen LogP contribution in [0.25, 0.3) is 0 Å². The minimum atomic E-state index is -2.18. The van der Waals surface area contributed by atoms with Crippen LogP contribution in [0.1, 0.15) is 113 Å². The standard InChI is InChI=1S/C16H31OSi.3C4H9.Sn/c1-6-11-12-13-15-16(14-7-2)17-18(8-3,9-4)10-5;3*1-3-4-2;/h2,7,13,15-16H,6,8-12,14H2,1,3-5H3;3*1,3-4H2,2H3;/b7-2?,15-13+;;;;. The third kappa shape index (κ3) is 13.7. The van der Waals surface area contributed by atoms with Crippen LogP contribution in [-0.2, 0) is 4.43 Å². The van der Waals surface area contributed by atoms with Gasteiger partial charge >= 0.3 is 204 Å². The predicted molar refractivity (Wildman–Crippen MR) is 149 cm³/mol. The molecule has 0 fully saturated rings. The minimum absolute atomic E-state index is 0.298. The van der Waals surface area contributed by atoms with Gasteiger partial charge in [-0.15, -0.1) is 0 Å². The molecule has 3 heteroatoms. The number of allylic oxidation sites excluding steroid dienone is 1. The van der Waals surface area contributed by atoms with Crippen molar-refractivity contribution in [2.24, 2.45) is 0 Å². The first-order valence-electron chi connectivity index (χ1n) is 14.0. The Morgan fingerprint density at radius 1 is 0.677 bits per heavy atom. The van der Waals surface area contributed by atoms with Crippen LogP contribution in [0.5, 0.6) is 0 Å². The van der Waals surface area contributed by atoms with E-state index in [1.54, 1.807) is 13.3 Å². The molecule has 0 amide bonds. The summed E-state index contributed by atoms with van der Waals surface area (Å²) in [5.74, 6) is 0. The zero-order valence-electron chi connectivity index (χ0n) is 22.6. The fraction of sp³-hybridized carbons (Fsp3) is 0.857. The Hall–Kier alpha value is 0.456. The summed E-state index contributed by atoms with van der Waals surface area (Å²) >= 11 is -2.18. The second kappa shape index (κ2) is 19.9. The molecule has 0 heterocycles. The molecule has 0 N–H and O–H groups in total. The molecule has 0 saturated carbocycles. The quantitative estimate of drug-likeness (QED) is 0.0775. The van der Waals surface area contributed by atoms with Crippen molar-refractivity contribution in [3.8, 4) is 0 Å². The summed E-state index contributed by atoms with van der Waals surface area (Å²) < 4.78 is 14.5. The summed E-state index contributed by atoms with van der Waals surface area (Å²) in [4.78, 5) is 0. The molecule has 184 valence electrons. The molecule has 0 bridgehead atoms. The summed E-state index contributed by atoms with van der Waals surface area (Å²) in [6.07, 6.45) is 21.0. The Kier molecular flexibility index (Phi) is 20.2. The van der Waals surface area contributed by atoms with E-state index in [1.807, 2.05) is 0 Å². The Morgan fingerprint density at radius 3 is 1.58 bits per heavy atom. The number of rotatable bonds is 21. The second-order valence-corrected chi connectivity index (χ2v) is 27.5. The Morgan fingerprint density at radius 2 is 1.16 bits per heavy atom. The van der Waals surface area contributed by atoms with Crippen molar-refractivity contribution in [2.45, 2.75) is 150 Å². The van der Waals surface area contributed by atoms with Crippen molar-refractivity contribution in [1.82, 2.24) is 0 Å². The molecule has 0 aliphatic heterocycles. The van der Waals surface area contributed by atoms with Crippen molar-refractivity contribution in [3.05, 3.63) is 22.3 Å². The zero-order chi connectivity index (χ0) is 23.4. The van der Waals surface area contributed by atoms with Crippen molar-refractivity contribution < 1.29 is 4.43 Å². The fourth-order valence-electron chi connectivity index (χ4n) is 4.72. The Bertz CT molecular complexity index is 426. The van der Waals surface area contributed by atoms with Crippen LogP contribution in [-0.4, -0.2) is 32.8 Å².